The predicted molar refractivity (Wildman–Crippen MR) is 332 cm³/mol. The third-order valence-electron chi connectivity index (χ3n) is 23.0. The van der Waals surface area contributed by atoms with Gasteiger partial charge in [-0.3, -0.25) is 0 Å². The fraction of sp³-hybridized carbons (Fsp3) is 0.351. The molecule has 1 aromatic heterocycles. The van der Waals surface area contributed by atoms with Gasteiger partial charge in [-0.25, -0.2) is 0 Å². The Hall–Kier alpha value is -6.98. The van der Waals surface area contributed by atoms with Crippen LogP contribution in [0.5, 0.6) is 0 Å². The second-order valence-corrected chi connectivity index (χ2v) is 28.9. The lowest BCUT2D eigenvalue weighted by Crippen LogP contribution is -2.68. The van der Waals surface area contributed by atoms with E-state index in [4.69, 9.17) is 4.42 Å². The third kappa shape index (κ3) is 5.50. The van der Waals surface area contributed by atoms with E-state index in [2.05, 4.69) is 230 Å². The minimum Gasteiger partial charge on any atom is -0.456 e. The molecule has 0 N–H and O–H groups in total. The van der Waals surface area contributed by atoms with Crippen molar-refractivity contribution in [1.29, 1.82) is 0 Å². The van der Waals surface area contributed by atoms with Gasteiger partial charge in [0.15, 0.2) is 0 Å². The minimum absolute atomic E-state index is 0.00952. The molecule has 4 aliphatic heterocycles. The van der Waals surface area contributed by atoms with Gasteiger partial charge >= 0.3 is 0 Å². The molecule has 17 rings (SSSR count). The van der Waals surface area contributed by atoms with Crippen LogP contribution in [0.2, 0.25) is 0 Å². The lowest BCUT2D eigenvalue weighted by Gasteiger charge is -2.55. The molecule has 3 atom stereocenters. The van der Waals surface area contributed by atoms with Crippen molar-refractivity contribution >= 4 is 90.5 Å². The van der Waals surface area contributed by atoms with E-state index in [0.717, 1.165) is 47.6 Å². The van der Waals surface area contributed by atoms with Gasteiger partial charge in [0, 0.05) is 56.0 Å². The highest BCUT2D eigenvalue weighted by Crippen LogP contribution is 2.65. The summed E-state index contributed by atoms with van der Waals surface area (Å²) in [7, 11) is 0. The fourth-order valence-corrected chi connectivity index (χ4v) is 18.6. The van der Waals surface area contributed by atoms with E-state index in [0.29, 0.717) is 0 Å². The van der Waals surface area contributed by atoms with Crippen LogP contribution in [-0.4, -0.2) is 12.3 Å². The smallest absolute Gasteiger partial charge is 0.253 e. The topological polar surface area (TPSA) is 22.9 Å². The van der Waals surface area contributed by atoms with Gasteiger partial charge < -0.3 is 19.1 Å². The van der Waals surface area contributed by atoms with Gasteiger partial charge in [0.2, 0.25) is 0 Å². The van der Waals surface area contributed by atoms with Crippen LogP contribution in [0.25, 0.3) is 33.1 Å². The molecule has 0 spiro atoms. The molecule has 4 nitrogen and oxygen atoms in total. The van der Waals surface area contributed by atoms with Crippen molar-refractivity contribution in [2.24, 2.45) is 0 Å². The molecule has 8 aromatic carbocycles. The van der Waals surface area contributed by atoms with Gasteiger partial charge in [-0.1, -0.05) is 154 Å². The Balaban J connectivity index is 1.08. The molecule has 3 unspecified atom stereocenters. The van der Waals surface area contributed by atoms with E-state index in [1.54, 1.807) is 11.1 Å². The third-order valence-corrected chi connectivity index (χ3v) is 23.0. The van der Waals surface area contributed by atoms with Crippen molar-refractivity contribution in [2.45, 2.75) is 166 Å². The highest BCUT2D eigenvalue weighted by atomic mass is 16.3. The van der Waals surface area contributed by atoms with Crippen molar-refractivity contribution in [3.8, 4) is 11.1 Å². The van der Waals surface area contributed by atoms with E-state index < -0.39 is 5.41 Å². The van der Waals surface area contributed by atoms with Gasteiger partial charge in [0.05, 0.1) is 16.6 Å². The molecule has 9 aromatic rings. The van der Waals surface area contributed by atoms with E-state index in [9.17, 15) is 0 Å². The van der Waals surface area contributed by atoms with Crippen molar-refractivity contribution in [3.05, 3.63) is 184 Å². The highest BCUT2D eigenvalue weighted by Gasteiger charge is 2.61. The first-order valence-electron chi connectivity index (χ1n) is 30.0. The van der Waals surface area contributed by atoms with Crippen LogP contribution < -0.4 is 31.1 Å². The van der Waals surface area contributed by atoms with Gasteiger partial charge in [0.25, 0.3) is 6.71 Å². The summed E-state index contributed by atoms with van der Waals surface area (Å²) < 4.78 is 6.85. The van der Waals surface area contributed by atoms with Crippen LogP contribution in [0.15, 0.2) is 144 Å². The van der Waals surface area contributed by atoms with Gasteiger partial charge in [0.1, 0.15) is 11.2 Å². The lowest BCUT2D eigenvalue weighted by atomic mass is 9.28. The van der Waals surface area contributed by atoms with Crippen LogP contribution in [-0.2, 0) is 32.5 Å². The van der Waals surface area contributed by atoms with E-state index in [1.165, 1.54) is 132 Å². The molecule has 5 heterocycles. The predicted octanol–water partition coefficient (Wildman–Crippen LogP) is 17.8. The van der Waals surface area contributed by atoms with Crippen LogP contribution in [0.3, 0.4) is 0 Å². The zero-order valence-corrected chi connectivity index (χ0v) is 48.3. The molecule has 0 radical (unpaired) electrons. The largest absolute Gasteiger partial charge is 0.456 e. The summed E-state index contributed by atoms with van der Waals surface area (Å²) in [5.41, 5.74) is 30.9. The average Bonchev–Trinajstić information content (AvgIpc) is 2.50. The summed E-state index contributed by atoms with van der Waals surface area (Å²) in [4.78, 5) is 8.39. The molecule has 5 heteroatoms. The number of nitrogens with zero attached hydrogens (tertiary/aromatic N) is 3. The van der Waals surface area contributed by atoms with Gasteiger partial charge in [-0.15, -0.1) is 0 Å². The summed E-state index contributed by atoms with van der Waals surface area (Å²) in [5, 5.41) is 2.31. The van der Waals surface area contributed by atoms with Crippen LogP contribution in [0, 0.1) is 0 Å². The summed E-state index contributed by atoms with van der Waals surface area (Å²) in [6, 6.07) is 55.4. The number of hydrogen-bond acceptors (Lipinski definition) is 4. The maximum atomic E-state index is 6.85. The normalized spacial score (nSPS) is 24.9. The molecule has 0 bridgehead atoms. The zero-order chi connectivity index (χ0) is 53.9. The first-order valence-corrected chi connectivity index (χ1v) is 30.0. The highest BCUT2D eigenvalue weighted by molar-refractivity contribution is 7.01. The zero-order valence-electron chi connectivity index (χ0n) is 48.3. The lowest BCUT2D eigenvalue weighted by molar-refractivity contribution is 0.195. The fourth-order valence-electron chi connectivity index (χ4n) is 18.6. The Morgan fingerprint density at radius 3 is 1.84 bits per heavy atom. The van der Waals surface area contributed by atoms with Crippen LogP contribution in [0.1, 0.15) is 172 Å². The van der Waals surface area contributed by atoms with Crippen LogP contribution in [0.4, 0.5) is 45.5 Å². The number of benzene rings is 8. The van der Waals surface area contributed by atoms with E-state index >= 15 is 0 Å². The Kier molecular flexibility index (Phi) is 8.71. The maximum Gasteiger partial charge on any atom is 0.253 e. The first kappa shape index (κ1) is 46.9. The molecule has 392 valence electrons. The molecule has 8 aliphatic rings. The number of anilines is 8. The number of furan rings is 1. The van der Waals surface area contributed by atoms with E-state index in [1.807, 2.05) is 0 Å². The standard InChI is InChI=1S/C74H72BN3O/c1-68(2)35-36-69(3,4)51-39-43(29-31-49(51)68)76-56-40-44(78-53-25-16-15-24-50(53)72(9)33-18-19-34-73(72,78)10)41-57-65(56)75-66-55(77(57)54-26-20-28-60-61(54)47-22-13-17-27-59(47)79-60)32-30-46-45-21-12-14-23-48(45)74(11,62(46)66)64-63-52(42-58(76)67(64)75)70(5,6)37-38-71(63,7)8/h12-17,20-32,39-42H,18-19,33-38H2,1-11H3. The van der Waals surface area contributed by atoms with Crippen LogP contribution >= 0.6 is 0 Å². The van der Waals surface area contributed by atoms with E-state index in [-0.39, 0.29) is 39.3 Å². The van der Waals surface area contributed by atoms with Crippen molar-refractivity contribution in [1.82, 2.24) is 0 Å². The van der Waals surface area contributed by atoms with Gasteiger partial charge in [-0.05, 0) is 207 Å². The Labute approximate surface area is 467 Å². The van der Waals surface area contributed by atoms with Gasteiger partial charge in [-0.2, -0.15) is 0 Å². The molecular weight excluding hydrogens is 958 g/mol. The summed E-state index contributed by atoms with van der Waals surface area (Å²) in [5.74, 6) is 0. The minimum atomic E-state index is -0.421. The monoisotopic (exact) mass is 1030 g/mol. The number of para-hydroxylation sites is 2. The second-order valence-electron chi connectivity index (χ2n) is 28.9. The quantitative estimate of drug-likeness (QED) is 0.165. The molecular formula is C74H72BN3O. The number of hydrogen-bond donors (Lipinski definition) is 0. The second kappa shape index (κ2) is 14.7. The first-order chi connectivity index (χ1) is 37.8. The average molecular weight is 1030 g/mol. The molecule has 4 aliphatic carbocycles. The summed E-state index contributed by atoms with van der Waals surface area (Å²) in [6.07, 6.45) is 9.43. The summed E-state index contributed by atoms with van der Waals surface area (Å²) in [6.45, 7) is 28.0. The maximum absolute atomic E-state index is 6.85. The Morgan fingerprint density at radius 1 is 0.392 bits per heavy atom. The SMILES string of the molecule is CC1(C)CCC(C)(C)c2cc(N3c4cc(N5c6ccccc6C6(C)CCCCC56C)cc5c4B4c6c(ccc7c6C(C)(c6ccccc6-7)c6c4c3cc3c6C(C)(C)CCC3(C)C)N5c3cccc4oc5ccccc5c34)ccc21. The van der Waals surface area contributed by atoms with Crippen molar-refractivity contribution < 1.29 is 4.42 Å². The van der Waals surface area contributed by atoms with Crippen molar-refractivity contribution in [2.75, 3.05) is 14.7 Å². The summed E-state index contributed by atoms with van der Waals surface area (Å²) >= 11 is 0. The molecule has 1 saturated carbocycles. The molecule has 79 heavy (non-hydrogen) atoms. The van der Waals surface area contributed by atoms with Crippen molar-refractivity contribution in [3.63, 3.8) is 0 Å². The molecule has 1 fully saturated rings. The molecule has 0 amide bonds. The number of fused-ring (bicyclic) bond motifs is 13. The molecule has 0 saturated heterocycles. The number of rotatable bonds is 3. The Bertz CT molecular complexity index is 4260. The Morgan fingerprint density at radius 2 is 1.03 bits per heavy atom.